The Morgan fingerprint density at radius 3 is 2.33 bits per heavy atom. The maximum atomic E-state index is 12.6. The summed E-state index contributed by atoms with van der Waals surface area (Å²) in [4.78, 5) is 24.4. The van der Waals surface area contributed by atoms with Crippen LogP contribution in [0, 0.1) is 6.92 Å². The Morgan fingerprint density at radius 1 is 1.25 bits per heavy atom. The van der Waals surface area contributed by atoms with Gasteiger partial charge in [0.1, 0.15) is 5.56 Å². The summed E-state index contributed by atoms with van der Waals surface area (Å²) >= 11 is 0. The van der Waals surface area contributed by atoms with Gasteiger partial charge in [-0.05, 0) is 24.6 Å². The molecule has 0 atom stereocenters. The molecule has 2 rings (SSSR count). The minimum absolute atomic E-state index is 0.0523. The highest BCUT2D eigenvalue weighted by atomic mass is 32.2. The minimum Gasteiger partial charge on any atom is -0.493 e. The standard InChI is InChI=1S/C15H16N2O6S/c1-8-9(13(18)10-7-16-17(2)14(10)19)5-6-11(24(4,21)22)12(8)15(20)23-3/h5-7,19H,1-4H3. The number of carbonyl (C=O) groups is 2. The van der Waals surface area contributed by atoms with E-state index in [2.05, 4.69) is 9.84 Å². The van der Waals surface area contributed by atoms with Crippen LogP contribution in [0.25, 0.3) is 0 Å². The average Bonchev–Trinajstić information content (AvgIpc) is 2.84. The van der Waals surface area contributed by atoms with Gasteiger partial charge in [-0.25, -0.2) is 17.9 Å². The highest BCUT2D eigenvalue weighted by molar-refractivity contribution is 7.90. The van der Waals surface area contributed by atoms with E-state index in [-0.39, 0.29) is 33.0 Å². The van der Waals surface area contributed by atoms with E-state index in [1.165, 1.54) is 32.3 Å². The molecule has 8 nitrogen and oxygen atoms in total. The number of esters is 1. The van der Waals surface area contributed by atoms with Gasteiger partial charge in [-0.3, -0.25) is 4.79 Å². The normalized spacial score (nSPS) is 11.3. The Kier molecular flexibility index (Phi) is 4.48. The molecule has 24 heavy (non-hydrogen) atoms. The summed E-state index contributed by atoms with van der Waals surface area (Å²) in [6, 6.07) is 2.47. The van der Waals surface area contributed by atoms with E-state index in [0.29, 0.717) is 0 Å². The molecule has 1 heterocycles. The molecule has 0 aliphatic heterocycles. The lowest BCUT2D eigenvalue weighted by atomic mass is 9.96. The van der Waals surface area contributed by atoms with Crippen molar-refractivity contribution in [2.45, 2.75) is 11.8 Å². The van der Waals surface area contributed by atoms with Crippen molar-refractivity contribution in [2.24, 2.45) is 7.05 Å². The predicted molar refractivity (Wildman–Crippen MR) is 83.9 cm³/mol. The van der Waals surface area contributed by atoms with Crippen LogP contribution < -0.4 is 0 Å². The third-order valence-corrected chi connectivity index (χ3v) is 4.75. The van der Waals surface area contributed by atoms with Gasteiger partial charge in [0, 0.05) is 18.9 Å². The average molecular weight is 352 g/mol. The number of ketones is 1. The molecule has 1 N–H and O–H groups in total. The number of carbonyl (C=O) groups excluding carboxylic acids is 2. The number of aryl methyl sites for hydroxylation is 1. The van der Waals surface area contributed by atoms with E-state index in [1.807, 2.05) is 0 Å². The monoisotopic (exact) mass is 352 g/mol. The van der Waals surface area contributed by atoms with Crippen molar-refractivity contribution in [3.8, 4) is 5.88 Å². The van der Waals surface area contributed by atoms with E-state index in [4.69, 9.17) is 0 Å². The lowest BCUT2D eigenvalue weighted by Crippen LogP contribution is -2.15. The van der Waals surface area contributed by atoms with Crippen LogP contribution >= 0.6 is 0 Å². The van der Waals surface area contributed by atoms with E-state index >= 15 is 0 Å². The zero-order valence-electron chi connectivity index (χ0n) is 13.5. The first kappa shape index (κ1) is 17.7. The smallest absolute Gasteiger partial charge is 0.339 e. The van der Waals surface area contributed by atoms with E-state index in [1.54, 1.807) is 0 Å². The second kappa shape index (κ2) is 6.08. The summed E-state index contributed by atoms with van der Waals surface area (Å²) in [6.07, 6.45) is 2.15. The fourth-order valence-corrected chi connectivity index (χ4v) is 3.26. The molecule has 0 saturated carbocycles. The van der Waals surface area contributed by atoms with Crippen LogP contribution in [0.3, 0.4) is 0 Å². The molecule has 0 bridgehead atoms. The van der Waals surface area contributed by atoms with Gasteiger partial charge in [0.25, 0.3) is 0 Å². The maximum absolute atomic E-state index is 12.6. The lowest BCUT2D eigenvalue weighted by Gasteiger charge is -2.13. The van der Waals surface area contributed by atoms with Crippen LogP contribution in [0.4, 0.5) is 0 Å². The molecule has 128 valence electrons. The zero-order valence-corrected chi connectivity index (χ0v) is 14.3. The van der Waals surface area contributed by atoms with Crippen LogP contribution in [0.2, 0.25) is 0 Å². The SMILES string of the molecule is COC(=O)c1c(S(C)(=O)=O)ccc(C(=O)c2cnn(C)c2O)c1C. The van der Waals surface area contributed by atoms with Crippen LogP contribution in [0.1, 0.15) is 31.8 Å². The van der Waals surface area contributed by atoms with Crippen molar-refractivity contribution in [1.29, 1.82) is 0 Å². The topological polar surface area (TPSA) is 116 Å². The second-order valence-corrected chi connectivity index (χ2v) is 7.19. The Hall–Kier alpha value is -2.68. The molecule has 9 heteroatoms. The molecule has 1 aromatic heterocycles. The molecular formula is C15H16N2O6S. The molecule has 0 fully saturated rings. The number of ether oxygens (including phenoxy) is 1. The van der Waals surface area contributed by atoms with Gasteiger partial charge in [-0.15, -0.1) is 0 Å². The molecule has 0 saturated heterocycles. The largest absolute Gasteiger partial charge is 0.493 e. The van der Waals surface area contributed by atoms with E-state index in [9.17, 15) is 23.1 Å². The molecule has 0 radical (unpaired) electrons. The number of sulfone groups is 1. The van der Waals surface area contributed by atoms with Gasteiger partial charge in [0.05, 0.1) is 23.8 Å². The summed E-state index contributed by atoms with van der Waals surface area (Å²) < 4.78 is 29.5. The van der Waals surface area contributed by atoms with Crippen molar-refractivity contribution in [1.82, 2.24) is 9.78 Å². The number of rotatable bonds is 4. The van der Waals surface area contributed by atoms with Gasteiger partial charge in [0.15, 0.2) is 15.6 Å². The predicted octanol–water partition coefficient (Wildman–Crippen LogP) is 0.855. The van der Waals surface area contributed by atoms with Crippen molar-refractivity contribution in [3.05, 3.63) is 40.6 Å². The number of nitrogens with zero attached hydrogens (tertiary/aromatic N) is 2. The Labute approximate surface area is 138 Å². The van der Waals surface area contributed by atoms with Gasteiger partial charge in [0.2, 0.25) is 5.88 Å². The van der Waals surface area contributed by atoms with Crippen molar-refractivity contribution < 1.29 is 27.9 Å². The fourth-order valence-electron chi connectivity index (χ4n) is 2.33. The number of hydrogen-bond donors (Lipinski definition) is 1. The number of methoxy groups -OCH3 is 1. The second-order valence-electron chi connectivity index (χ2n) is 5.21. The molecule has 0 spiro atoms. The summed E-state index contributed by atoms with van der Waals surface area (Å²) in [5, 5.41) is 13.6. The summed E-state index contributed by atoms with van der Waals surface area (Å²) in [5.41, 5.74) is -0.0260. The van der Waals surface area contributed by atoms with Crippen LogP contribution in [-0.2, 0) is 21.6 Å². The fraction of sp³-hybridized carbons (Fsp3) is 0.267. The number of benzene rings is 1. The minimum atomic E-state index is -3.70. The van der Waals surface area contributed by atoms with Crippen LogP contribution in [-0.4, -0.2) is 48.4 Å². The van der Waals surface area contributed by atoms with Crippen molar-refractivity contribution >= 4 is 21.6 Å². The van der Waals surface area contributed by atoms with Gasteiger partial charge < -0.3 is 9.84 Å². The molecule has 2 aromatic rings. The first-order chi connectivity index (χ1) is 11.1. The van der Waals surface area contributed by atoms with Gasteiger partial charge in [-0.2, -0.15) is 5.10 Å². The summed E-state index contributed by atoms with van der Waals surface area (Å²) in [6.45, 7) is 1.45. The lowest BCUT2D eigenvalue weighted by molar-refractivity contribution is 0.0595. The summed E-state index contributed by atoms with van der Waals surface area (Å²) in [5.74, 6) is -1.77. The molecule has 0 unspecified atom stereocenters. The number of aromatic nitrogens is 2. The van der Waals surface area contributed by atoms with E-state index < -0.39 is 21.6 Å². The Bertz CT molecular complexity index is 943. The Balaban J connectivity index is 2.72. The first-order valence-corrected chi connectivity index (χ1v) is 8.66. The molecule has 0 aliphatic carbocycles. The zero-order chi connectivity index (χ0) is 18.2. The Morgan fingerprint density at radius 2 is 1.88 bits per heavy atom. The van der Waals surface area contributed by atoms with Crippen molar-refractivity contribution in [3.63, 3.8) is 0 Å². The van der Waals surface area contributed by atoms with E-state index in [0.717, 1.165) is 18.0 Å². The quantitative estimate of drug-likeness (QED) is 0.641. The van der Waals surface area contributed by atoms with Crippen LogP contribution in [0.15, 0.2) is 23.2 Å². The summed E-state index contributed by atoms with van der Waals surface area (Å²) in [7, 11) is -1.12. The highest BCUT2D eigenvalue weighted by Gasteiger charge is 2.27. The van der Waals surface area contributed by atoms with Gasteiger partial charge in [-0.1, -0.05) is 0 Å². The maximum Gasteiger partial charge on any atom is 0.339 e. The molecule has 0 aliphatic rings. The molecule has 0 amide bonds. The van der Waals surface area contributed by atoms with Gasteiger partial charge >= 0.3 is 5.97 Å². The van der Waals surface area contributed by atoms with Crippen molar-refractivity contribution in [2.75, 3.05) is 13.4 Å². The highest BCUT2D eigenvalue weighted by Crippen LogP contribution is 2.27. The number of hydrogen-bond acceptors (Lipinski definition) is 7. The number of aromatic hydroxyl groups is 1. The molecule has 1 aromatic carbocycles. The first-order valence-electron chi connectivity index (χ1n) is 6.77. The molecular weight excluding hydrogens is 336 g/mol. The van der Waals surface area contributed by atoms with Crippen LogP contribution in [0.5, 0.6) is 5.88 Å². The third-order valence-electron chi connectivity index (χ3n) is 3.61. The third kappa shape index (κ3) is 2.90.